The number of hydrogen-bond donors (Lipinski definition) is 2. The monoisotopic (exact) mass is 170 g/mol. The summed E-state index contributed by atoms with van der Waals surface area (Å²) in [5.74, 6) is -0.618. The first-order valence-corrected chi connectivity index (χ1v) is 3.70. The highest BCUT2D eigenvalue weighted by atomic mass is 19.1. The molecule has 0 saturated heterocycles. The first-order valence-electron chi connectivity index (χ1n) is 3.70. The Kier molecular flexibility index (Phi) is 3.13. The van der Waals surface area contributed by atoms with Gasteiger partial charge in [0.25, 0.3) is 0 Å². The fourth-order valence-electron chi connectivity index (χ4n) is 0.933. The van der Waals surface area contributed by atoms with Gasteiger partial charge in [0.1, 0.15) is 5.82 Å². The molecule has 66 valence electrons. The van der Waals surface area contributed by atoms with E-state index >= 15 is 0 Å². The van der Waals surface area contributed by atoms with Crippen molar-refractivity contribution in [3.05, 3.63) is 29.8 Å². The standard InChI is InChI=1S/C8H11FN2O/c9-7-1-2-11-8(3-7)6(4-10)5-12/h1-3,6,12H,4-5,10H2. The third-order valence-electron chi connectivity index (χ3n) is 1.67. The van der Waals surface area contributed by atoms with Crippen LogP contribution in [-0.2, 0) is 0 Å². The van der Waals surface area contributed by atoms with Gasteiger partial charge in [-0.25, -0.2) is 4.39 Å². The summed E-state index contributed by atoms with van der Waals surface area (Å²) in [4.78, 5) is 3.90. The van der Waals surface area contributed by atoms with Gasteiger partial charge in [0.05, 0.1) is 6.61 Å². The molecule has 0 amide bonds. The second-order valence-corrected chi connectivity index (χ2v) is 2.51. The highest BCUT2D eigenvalue weighted by Crippen LogP contribution is 2.11. The molecule has 1 aromatic rings. The number of pyridine rings is 1. The van der Waals surface area contributed by atoms with Crippen LogP contribution in [0.4, 0.5) is 4.39 Å². The van der Waals surface area contributed by atoms with Crippen LogP contribution < -0.4 is 5.73 Å². The Hall–Kier alpha value is -1.00. The van der Waals surface area contributed by atoms with E-state index in [1.54, 1.807) is 0 Å². The summed E-state index contributed by atoms with van der Waals surface area (Å²) in [6.07, 6.45) is 1.36. The minimum absolute atomic E-state index is 0.104. The molecule has 12 heavy (non-hydrogen) atoms. The molecule has 1 unspecified atom stereocenters. The fraction of sp³-hybridized carbons (Fsp3) is 0.375. The van der Waals surface area contributed by atoms with Crippen molar-refractivity contribution in [3.63, 3.8) is 0 Å². The zero-order chi connectivity index (χ0) is 8.97. The molecule has 4 heteroatoms. The van der Waals surface area contributed by atoms with Gasteiger partial charge in [0.2, 0.25) is 0 Å². The molecule has 0 aliphatic heterocycles. The number of halogens is 1. The third-order valence-corrected chi connectivity index (χ3v) is 1.67. The SMILES string of the molecule is NCC(CO)c1cc(F)ccn1. The number of rotatable bonds is 3. The molecule has 0 bridgehead atoms. The molecule has 1 rings (SSSR count). The van der Waals surface area contributed by atoms with Crippen LogP contribution in [-0.4, -0.2) is 23.2 Å². The maximum Gasteiger partial charge on any atom is 0.126 e. The first-order chi connectivity index (χ1) is 5.77. The molecule has 1 aromatic heterocycles. The van der Waals surface area contributed by atoms with Gasteiger partial charge in [-0.3, -0.25) is 4.98 Å². The molecule has 0 spiro atoms. The Bertz CT molecular complexity index is 251. The van der Waals surface area contributed by atoms with Crippen LogP contribution in [0.15, 0.2) is 18.3 Å². The summed E-state index contributed by atoms with van der Waals surface area (Å²) in [6, 6.07) is 2.54. The van der Waals surface area contributed by atoms with Crippen LogP contribution in [0.1, 0.15) is 11.6 Å². The first kappa shape index (κ1) is 9.09. The normalized spacial score (nSPS) is 12.9. The van der Waals surface area contributed by atoms with Gasteiger partial charge in [-0.1, -0.05) is 0 Å². The highest BCUT2D eigenvalue weighted by Gasteiger charge is 2.09. The lowest BCUT2D eigenvalue weighted by Gasteiger charge is -2.09. The van der Waals surface area contributed by atoms with E-state index in [1.165, 1.54) is 18.3 Å². The van der Waals surface area contributed by atoms with E-state index < -0.39 is 0 Å². The van der Waals surface area contributed by atoms with Crippen molar-refractivity contribution in [1.29, 1.82) is 0 Å². The molecule has 0 saturated carbocycles. The molecule has 3 N–H and O–H groups in total. The number of nitrogens with zero attached hydrogens (tertiary/aromatic N) is 1. The zero-order valence-electron chi connectivity index (χ0n) is 6.57. The Morgan fingerprint density at radius 2 is 2.42 bits per heavy atom. The second kappa shape index (κ2) is 4.13. The van der Waals surface area contributed by atoms with Gasteiger partial charge >= 0.3 is 0 Å². The lowest BCUT2D eigenvalue weighted by Crippen LogP contribution is -2.17. The van der Waals surface area contributed by atoms with Crippen molar-refractivity contribution in [2.75, 3.05) is 13.2 Å². The van der Waals surface area contributed by atoms with E-state index in [9.17, 15) is 4.39 Å². The maximum absolute atomic E-state index is 12.6. The van der Waals surface area contributed by atoms with Gasteiger partial charge in [-0.15, -0.1) is 0 Å². The van der Waals surface area contributed by atoms with Crippen LogP contribution in [0.5, 0.6) is 0 Å². The topological polar surface area (TPSA) is 59.1 Å². The minimum Gasteiger partial charge on any atom is -0.396 e. The summed E-state index contributed by atoms with van der Waals surface area (Å²) >= 11 is 0. The summed E-state index contributed by atoms with van der Waals surface area (Å²) in [5.41, 5.74) is 5.84. The van der Waals surface area contributed by atoms with Gasteiger partial charge in [0.15, 0.2) is 0 Å². The minimum atomic E-state index is -0.355. The van der Waals surface area contributed by atoms with E-state index in [0.717, 1.165) is 0 Å². The third kappa shape index (κ3) is 1.99. The zero-order valence-corrected chi connectivity index (χ0v) is 6.57. The number of aliphatic hydroxyl groups is 1. The summed E-state index contributed by atoms with van der Waals surface area (Å²) in [6.45, 7) is 0.167. The van der Waals surface area contributed by atoms with E-state index in [4.69, 9.17) is 10.8 Å². The average molecular weight is 170 g/mol. The fourth-order valence-corrected chi connectivity index (χ4v) is 0.933. The Morgan fingerprint density at radius 3 is 2.92 bits per heavy atom. The Balaban J connectivity index is 2.85. The second-order valence-electron chi connectivity index (χ2n) is 2.51. The van der Waals surface area contributed by atoms with Crippen molar-refractivity contribution >= 4 is 0 Å². The van der Waals surface area contributed by atoms with Gasteiger partial charge in [-0.05, 0) is 12.1 Å². The molecular formula is C8H11FN2O. The molecule has 0 radical (unpaired) electrons. The van der Waals surface area contributed by atoms with Crippen molar-refractivity contribution in [3.8, 4) is 0 Å². The van der Waals surface area contributed by atoms with Gasteiger partial charge < -0.3 is 10.8 Å². The number of aliphatic hydroxyl groups excluding tert-OH is 1. The molecular weight excluding hydrogens is 159 g/mol. The van der Waals surface area contributed by atoms with E-state index in [-0.39, 0.29) is 24.9 Å². The summed E-state index contributed by atoms with van der Waals surface area (Å²) < 4.78 is 12.6. The van der Waals surface area contributed by atoms with Crippen molar-refractivity contribution in [1.82, 2.24) is 4.98 Å². The van der Waals surface area contributed by atoms with Crippen LogP contribution in [0.3, 0.4) is 0 Å². The van der Waals surface area contributed by atoms with Crippen molar-refractivity contribution < 1.29 is 9.50 Å². The predicted octanol–water partition coefficient (Wildman–Crippen LogP) is 0.255. The lowest BCUT2D eigenvalue weighted by atomic mass is 10.1. The Morgan fingerprint density at radius 1 is 1.67 bits per heavy atom. The molecule has 0 aromatic carbocycles. The van der Waals surface area contributed by atoms with Crippen LogP contribution in [0.25, 0.3) is 0 Å². The smallest absolute Gasteiger partial charge is 0.126 e. The van der Waals surface area contributed by atoms with E-state index in [1.807, 2.05) is 0 Å². The van der Waals surface area contributed by atoms with E-state index in [2.05, 4.69) is 4.98 Å². The summed E-state index contributed by atoms with van der Waals surface area (Å²) in [5, 5.41) is 8.83. The van der Waals surface area contributed by atoms with Gasteiger partial charge in [-0.2, -0.15) is 0 Å². The Labute approximate surface area is 70.0 Å². The number of hydrogen-bond acceptors (Lipinski definition) is 3. The molecule has 1 atom stereocenters. The van der Waals surface area contributed by atoms with Crippen LogP contribution in [0.2, 0.25) is 0 Å². The lowest BCUT2D eigenvalue weighted by molar-refractivity contribution is 0.265. The molecule has 0 aliphatic rings. The molecule has 3 nitrogen and oxygen atoms in total. The largest absolute Gasteiger partial charge is 0.396 e. The van der Waals surface area contributed by atoms with Crippen LogP contribution in [0, 0.1) is 5.82 Å². The molecule has 1 heterocycles. The van der Waals surface area contributed by atoms with E-state index in [0.29, 0.717) is 5.69 Å². The van der Waals surface area contributed by atoms with Gasteiger partial charge in [0, 0.05) is 24.4 Å². The quantitative estimate of drug-likeness (QED) is 0.683. The maximum atomic E-state index is 12.6. The highest BCUT2D eigenvalue weighted by molar-refractivity contribution is 5.11. The van der Waals surface area contributed by atoms with Crippen molar-refractivity contribution in [2.45, 2.75) is 5.92 Å². The summed E-state index contributed by atoms with van der Waals surface area (Å²) in [7, 11) is 0. The van der Waals surface area contributed by atoms with Crippen LogP contribution >= 0.6 is 0 Å². The number of nitrogens with two attached hydrogens (primary N) is 1. The van der Waals surface area contributed by atoms with Crippen molar-refractivity contribution in [2.24, 2.45) is 5.73 Å². The predicted molar refractivity (Wildman–Crippen MR) is 43.1 cm³/mol. The molecule has 0 fully saturated rings. The molecule has 0 aliphatic carbocycles. The average Bonchev–Trinajstić information content (AvgIpc) is 2.07. The number of aromatic nitrogens is 1.